The van der Waals surface area contributed by atoms with E-state index in [-0.39, 0.29) is 0 Å². The number of hydrogen-bond acceptors (Lipinski definition) is 2. The van der Waals surface area contributed by atoms with Gasteiger partial charge in [0.15, 0.2) is 0 Å². The van der Waals surface area contributed by atoms with Crippen LogP contribution in [0.5, 0.6) is 0 Å². The number of hydrogen-bond donors (Lipinski definition) is 1. The van der Waals surface area contributed by atoms with Crippen molar-refractivity contribution in [3.8, 4) is 0 Å². The Bertz CT molecular complexity index is 403. The highest BCUT2D eigenvalue weighted by atomic mass is 16.5. The van der Waals surface area contributed by atoms with Crippen molar-refractivity contribution in [2.24, 2.45) is 0 Å². The smallest absolute Gasteiger partial charge is 0.109 e. The van der Waals surface area contributed by atoms with Gasteiger partial charge in [0, 0.05) is 6.42 Å². The van der Waals surface area contributed by atoms with E-state index in [4.69, 9.17) is 4.74 Å². The summed E-state index contributed by atoms with van der Waals surface area (Å²) in [5, 5.41) is 3.34. The summed E-state index contributed by atoms with van der Waals surface area (Å²) in [5.41, 5.74) is 4.03. The van der Waals surface area contributed by atoms with Gasteiger partial charge in [0.25, 0.3) is 0 Å². The van der Waals surface area contributed by atoms with Gasteiger partial charge < -0.3 is 10.1 Å². The van der Waals surface area contributed by atoms with E-state index < -0.39 is 0 Å². The van der Waals surface area contributed by atoms with Gasteiger partial charge in [0.1, 0.15) is 5.76 Å². The molecule has 1 heterocycles. The van der Waals surface area contributed by atoms with E-state index >= 15 is 0 Å². The van der Waals surface area contributed by atoms with E-state index in [2.05, 4.69) is 43.4 Å². The van der Waals surface area contributed by atoms with Crippen LogP contribution in [-0.2, 0) is 11.2 Å². The lowest BCUT2D eigenvalue weighted by molar-refractivity contribution is 0.217. The average Bonchev–Trinajstić information content (AvgIpc) is 2.77. The standard InChI is InChI=1S/C15H21NO/c1-11-7-12(2)9-13(8-11)10-14(16-3)15-5-4-6-17-15/h5,7-9,14,16H,4,6,10H2,1-3H3. The van der Waals surface area contributed by atoms with E-state index in [1.807, 2.05) is 7.05 Å². The zero-order valence-electron chi connectivity index (χ0n) is 10.9. The van der Waals surface area contributed by atoms with Crippen molar-refractivity contribution in [2.75, 3.05) is 13.7 Å². The van der Waals surface area contributed by atoms with Crippen molar-refractivity contribution in [1.82, 2.24) is 5.32 Å². The molecule has 1 aliphatic rings. The monoisotopic (exact) mass is 231 g/mol. The number of ether oxygens (including phenoxy) is 1. The Kier molecular flexibility index (Phi) is 3.85. The molecule has 1 aromatic rings. The summed E-state index contributed by atoms with van der Waals surface area (Å²) in [6.07, 6.45) is 4.23. The predicted octanol–water partition coefficient (Wildman–Crippen LogP) is 2.74. The molecule has 92 valence electrons. The molecular weight excluding hydrogens is 210 g/mol. The van der Waals surface area contributed by atoms with Crippen LogP contribution in [0.2, 0.25) is 0 Å². The van der Waals surface area contributed by atoms with Gasteiger partial charge in [-0.15, -0.1) is 0 Å². The normalized spacial score (nSPS) is 16.5. The minimum atomic E-state index is 0.304. The van der Waals surface area contributed by atoms with E-state index in [9.17, 15) is 0 Å². The quantitative estimate of drug-likeness (QED) is 0.860. The highest BCUT2D eigenvalue weighted by molar-refractivity contribution is 5.30. The Morgan fingerprint density at radius 2 is 1.94 bits per heavy atom. The summed E-state index contributed by atoms with van der Waals surface area (Å²) in [4.78, 5) is 0. The van der Waals surface area contributed by atoms with Gasteiger partial charge in [-0.3, -0.25) is 0 Å². The second-order valence-corrected chi connectivity index (χ2v) is 4.78. The fourth-order valence-electron chi connectivity index (χ4n) is 2.45. The molecule has 1 aromatic carbocycles. The molecule has 0 fully saturated rings. The van der Waals surface area contributed by atoms with Crippen LogP contribution in [0.1, 0.15) is 23.1 Å². The Labute approximate surface area is 104 Å². The molecule has 0 saturated carbocycles. The molecular formula is C15H21NO. The summed E-state index contributed by atoms with van der Waals surface area (Å²) >= 11 is 0. The maximum Gasteiger partial charge on any atom is 0.109 e. The van der Waals surface area contributed by atoms with Crippen LogP contribution >= 0.6 is 0 Å². The second kappa shape index (κ2) is 5.37. The molecule has 2 nitrogen and oxygen atoms in total. The molecule has 0 aliphatic carbocycles. The van der Waals surface area contributed by atoms with Gasteiger partial charge >= 0.3 is 0 Å². The molecule has 2 heteroatoms. The molecule has 0 spiro atoms. The molecule has 1 N–H and O–H groups in total. The molecule has 0 amide bonds. The first-order valence-electron chi connectivity index (χ1n) is 6.26. The lowest BCUT2D eigenvalue weighted by Crippen LogP contribution is -2.30. The molecule has 0 aromatic heterocycles. The largest absolute Gasteiger partial charge is 0.496 e. The summed E-state index contributed by atoms with van der Waals surface area (Å²) in [6, 6.07) is 7.03. The lowest BCUT2D eigenvalue weighted by atomic mass is 10.00. The number of benzene rings is 1. The SMILES string of the molecule is CNC(Cc1cc(C)cc(C)c1)C1=CCCO1. The maximum atomic E-state index is 5.64. The highest BCUT2D eigenvalue weighted by Crippen LogP contribution is 2.18. The molecule has 1 unspecified atom stereocenters. The van der Waals surface area contributed by atoms with Gasteiger partial charge in [0.2, 0.25) is 0 Å². The number of nitrogens with one attached hydrogen (secondary N) is 1. The molecule has 17 heavy (non-hydrogen) atoms. The van der Waals surface area contributed by atoms with Crippen molar-refractivity contribution in [2.45, 2.75) is 32.7 Å². The summed E-state index contributed by atoms with van der Waals surface area (Å²) in [5.74, 6) is 1.10. The van der Waals surface area contributed by atoms with Gasteiger partial charge in [0.05, 0.1) is 12.6 Å². The van der Waals surface area contributed by atoms with Crippen LogP contribution < -0.4 is 5.32 Å². The van der Waals surface area contributed by atoms with Crippen LogP contribution in [0.15, 0.2) is 30.0 Å². The van der Waals surface area contributed by atoms with Gasteiger partial charge in [-0.2, -0.15) is 0 Å². The van der Waals surface area contributed by atoms with Gasteiger partial charge in [-0.1, -0.05) is 29.3 Å². The van der Waals surface area contributed by atoms with E-state index in [1.165, 1.54) is 16.7 Å². The molecule has 0 bridgehead atoms. The third-order valence-corrected chi connectivity index (χ3v) is 3.15. The lowest BCUT2D eigenvalue weighted by Gasteiger charge is -2.18. The molecule has 1 atom stereocenters. The average molecular weight is 231 g/mol. The zero-order valence-corrected chi connectivity index (χ0v) is 10.9. The fraction of sp³-hybridized carbons (Fsp3) is 0.467. The van der Waals surface area contributed by atoms with Gasteiger partial charge in [-0.05, 0) is 39.0 Å². The van der Waals surface area contributed by atoms with Gasteiger partial charge in [-0.25, -0.2) is 0 Å². The molecule has 1 aliphatic heterocycles. The highest BCUT2D eigenvalue weighted by Gasteiger charge is 2.17. The van der Waals surface area contributed by atoms with Crippen molar-refractivity contribution in [1.29, 1.82) is 0 Å². The zero-order chi connectivity index (χ0) is 12.3. The van der Waals surface area contributed by atoms with E-state index in [0.29, 0.717) is 6.04 Å². The Morgan fingerprint density at radius 1 is 1.24 bits per heavy atom. The Morgan fingerprint density at radius 3 is 2.47 bits per heavy atom. The van der Waals surface area contributed by atoms with Crippen molar-refractivity contribution < 1.29 is 4.74 Å². The number of aryl methyl sites for hydroxylation is 2. The minimum absolute atomic E-state index is 0.304. The first kappa shape index (κ1) is 12.2. The Balaban J connectivity index is 2.12. The Hall–Kier alpha value is -1.28. The van der Waals surface area contributed by atoms with Crippen LogP contribution in [0, 0.1) is 13.8 Å². The van der Waals surface area contributed by atoms with E-state index in [1.54, 1.807) is 0 Å². The first-order chi connectivity index (χ1) is 8.19. The minimum Gasteiger partial charge on any atom is -0.496 e. The molecule has 0 radical (unpaired) electrons. The summed E-state index contributed by atoms with van der Waals surface area (Å²) in [7, 11) is 2.00. The number of likely N-dealkylation sites (N-methyl/N-ethyl adjacent to an activating group) is 1. The summed E-state index contributed by atoms with van der Waals surface area (Å²) in [6.45, 7) is 5.13. The third-order valence-electron chi connectivity index (χ3n) is 3.15. The van der Waals surface area contributed by atoms with Crippen molar-refractivity contribution >= 4 is 0 Å². The third kappa shape index (κ3) is 3.10. The van der Waals surface area contributed by atoms with E-state index in [0.717, 1.165) is 25.2 Å². The molecule has 2 rings (SSSR count). The second-order valence-electron chi connectivity index (χ2n) is 4.78. The van der Waals surface area contributed by atoms with Crippen LogP contribution in [0.3, 0.4) is 0 Å². The van der Waals surface area contributed by atoms with Crippen LogP contribution in [0.4, 0.5) is 0 Å². The predicted molar refractivity (Wildman–Crippen MR) is 71.1 cm³/mol. The first-order valence-corrected chi connectivity index (χ1v) is 6.26. The van der Waals surface area contributed by atoms with Crippen molar-refractivity contribution in [3.05, 3.63) is 46.7 Å². The number of rotatable bonds is 4. The van der Waals surface area contributed by atoms with Crippen LogP contribution in [0.25, 0.3) is 0 Å². The van der Waals surface area contributed by atoms with Crippen molar-refractivity contribution in [3.63, 3.8) is 0 Å². The topological polar surface area (TPSA) is 21.3 Å². The maximum absolute atomic E-state index is 5.64. The summed E-state index contributed by atoms with van der Waals surface area (Å²) < 4.78 is 5.64. The van der Waals surface area contributed by atoms with Crippen LogP contribution in [-0.4, -0.2) is 19.7 Å². The fourth-order valence-corrected chi connectivity index (χ4v) is 2.45. The molecule has 0 saturated heterocycles.